The van der Waals surface area contributed by atoms with E-state index in [1.165, 1.54) is 24.8 Å². The number of hydrogen-bond donors (Lipinski definition) is 1. The van der Waals surface area contributed by atoms with Gasteiger partial charge in [-0.2, -0.15) is 5.10 Å². The number of nitrogens with one attached hydrogen (secondary N) is 1. The first-order valence-corrected chi connectivity index (χ1v) is 12.9. The number of fused-ring (bicyclic) bond motifs is 5. The monoisotopic (exact) mass is 477 g/mol. The number of ether oxygens (including phenoxy) is 1. The van der Waals surface area contributed by atoms with Crippen molar-refractivity contribution in [1.29, 1.82) is 0 Å². The Kier molecular flexibility index (Phi) is 5.18. The van der Waals surface area contributed by atoms with Crippen molar-refractivity contribution in [2.24, 2.45) is 23.2 Å². The predicted octanol–water partition coefficient (Wildman–Crippen LogP) is 5.58. The second-order valence-electron chi connectivity index (χ2n) is 11.1. The first kappa shape index (κ1) is 22.0. The molecule has 3 fully saturated rings. The Balaban J connectivity index is 1.26. The first-order chi connectivity index (χ1) is 16.3. The molecule has 2 aromatic rings. The van der Waals surface area contributed by atoms with Gasteiger partial charge in [-0.15, -0.1) is 0 Å². The fourth-order valence-corrected chi connectivity index (χ4v) is 6.86. The summed E-state index contributed by atoms with van der Waals surface area (Å²) < 4.78 is 8.21. The van der Waals surface area contributed by atoms with Crippen LogP contribution in [0.1, 0.15) is 66.3 Å². The van der Waals surface area contributed by atoms with E-state index in [2.05, 4.69) is 56.4 Å². The molecule has 6 heteroatoms. The Morgan fingerprint density at radius 1 is 1.26 bits per heavy atom. The Morgan fingerprint density at radius 3 is 2.79 bits per heavy atom. The number of halogens is 1. The molecule has 1 amide bonds. The van der Waals surface area contributed by atoms with Gasteiger partial charge >= 0.3 is 0 Å². The maximum atomic E-state index is 13.4. The van der Waals surface area contributed by atoms with Gasteiger partial charge in [0.2, 0.25) is 0 Å². The fraction of sp³-hybridized carbons (Fsp3) is 0.500. The normalized spacial score (nSPS) is 30.0. The van der Waals surface area contributed by atoms with Crippen molar-refractivity contribution in [3.05, 3.63) is 70.0 Å². The molecule has 0 saturated heterocycles. The smallest absolute Gasteiger partial charge is 0.275 e. The van der Waals surface area contributed by atoms with Gasteiger partial charge in [0, 0.05) is 11.6 Å². The first-order valence-electron chi connectivity index (χ1n) is 12.5. The lowest BCUT2D eigenvalue weighted by Gasteiger charge is -2.60. The van der Waals surface area contributed by atoms with Crippen molar-refractivity contribution in [3.63, 3.8) is 0 Å². The number of aromatic nitrogens is 2. The van der Waals surface area contributed by atoms with E-state index in [0.717, 1.165) is 17.2 Å². The Morgan fingerprint density at radius 2 is 2.06 bits per heavy atom. The highest BCUT2D eigenvalue weighted by atomic mass is 35.5. The number of aryl methyl sites for hydroxylation is 1. The Bertz CT molecular complexity index is 1190. The summed E-state index contributed by atoms with van der Waals surface area (Å²) in [6, 6.07) is 8.43. The minimum atomic E-state index is -0.202. The second-order valence-corrected chi connectivity index (χ2v) is 11.6. The average molecular weight is 478 g/mol. The third-order valence-electron chi connectivity index (χ3n) is 8.85. The number of nitrogens with zero attached hydrogens (tertiary/aromatic N) is 2. The van der Waals surface area contributed by atoms with Crippen LogP contribution in [0.2, 0.25) is 0 Å². The summed E-state index contributed by atoms with van der Waals surface area (Å²) in [6.45, 7) is 8.16. The molecular formula is C28H32ClN3O2. The van der Waals surface area contributed by atoms with Crippen LogP contribution in [0.15, 0.2) is 47.5 Å². The molecule has 1 aliphatic heterocycles. The number of benzene rings is 1. The van der Waals surface area contributed by atoms with E-state index in [9.17, 15) is 4.79 Å². The van der Waals surface area contributed by atoms with Crippen molar-refractivity contribution >= 4 is 17.5 Å². The van der Waals surface area contributed by atoms with Crippen molar-refractivity contribution in [2.75, 3.05) is 6.54 Å². The van der Waals surface area contributed by atoms with Gasteiger partial charge in [-0.05, 0) is 67.1 Å². The van der Waals surface area contributed by atoms with Crippen LogP contribution in [-0.2, 0) is 6.54 Å². The van der Waals surface area contributed by atoms with Crippen LogP contribution >= 0.6 is 11.6 Å². The van der Waals surface area contributed by atoms with Gasteiger partial charge in [0.05, 0.1) is 18.2 Å². The van der Waals surface area contributed by atoms with Gasteiger partial charge in [0.25, 0.3) is 5.91 Å². The number of carbonyl (C=O) groups is 1. The van der Waals surface area contributed by atoms with E-state index < -0.39 is 0 Å². The van der Waals surface area contributed by atoms with Crippen LogP contribution < -0.4 is 10.1 Å². The van der Waals surface area contributed by atoms with E-state index in [0.29, 0.717) is 46.8 Å². The molecule has 5 aliphatic rings. The number of allylic oxidation sites excluding steroid dienone is 2. The number of amides is 1. The highest BCUT2D eigenvalue weighted by Crippen LogP contribution is 2.61. The standard InChI is InChI=1S/C28H32ClN3O2/c1-16-4-6-17(7-5-16)15-32-25-21-11-10-20(29)13-23(21)34-26(25)24(31-32)27(33)30-14-18-8-9-19-12-22(18)28(19,2)3/h4-7,10-11,13,18-19,21-23H,8-9,12,14-15H2,1-3H3,(H,30,33). The molecule has 178 valence electrons. The van der Waals surface area contributed by atoms with Crippen molar-refractivity contribution in [2.45, 2.75) is 58.6 Å². The van der Waals surface area contributed by atoms with E-state index in [-0.39, 0.29) is 17.9 Å². The molecule has 4 aliphatic carbocycles. The van der Waals surface area contributed by atoms with Gasteiger partial charge in [0.15, 0.2) is 11.4 Å². The molecule has 3 saturated carbocycles. The minimum Gasteiger partial charge on any atom is -0.481 e. The van der Waals surface area contributed by atoms with Gasteiger partial charge < -0.3 is 10.1 Å². The third-order valence-corrected chi connectivity index (χ3v) is 9.10. The lowest BCUT2D eigenvalue weighted by molar-refractivity contribution is -0.103. The summed E-state index contributed by atoms with van der Waals surface area (Å²) in [5.41, 5.74) is 4.10. The molecule has 5 atom stereocenters. The van der Waals surface area contributed by atoms with E-state index in [1.807, 2.05) is 16.8 Å². The Labute approximate surface area is 206 Å². The van der Waals surface area contributed by atoms with Crippen LogP contribution in [0.3, 0.4) is 0 Å². The molecule has 5 nitrogen and oxygen atoms in total. The van der Waals surface area contributed by atoms with Crippen molar-refractivity contribution in [3.8, 4) is 5.75 Å². The zero-order valence-corrected chi connectivity index (χ0v) is 20.8. The molecular weight excluding hydrogens is 446 g/mol. The molecule has 5 unspecified atom stereocenters. The molecule has 0 radical (unpaired) electrons. The quantitative estimate of drug-likeness (QED) is 0.611. The topological polar surface area (TPSA) is 56.2 Å². The molecule has 2 bridgehead atoms. The summed E-state index contributed by atoms with van der Waals surface area (Å²) in [4.78, 5) is 13.4. The van der Waals surface area contributed by atoms with Gasteiger partial charge in [-0.3, -0.25) is 9.48 Å². The zero-order valence-electron chi connectivity index (χ0n) is 20.1. The van der Waals surface area contributed by atoms with E-state index >= 15 is 0 Å². The molecule has 0 spiro atoms. The molecule has 34 heavy (non-hydrogen) atoms. The Hall–Kier alpha value is -2.53. The lowest BCUT2D eigenvalue weighted by atomic mass is 9.45. The maximum absolute atomic E-state index is 13.4. The lowest BCUT2D eigenvalue weighted by Crippen LogP contribution is -2.54. The highest BCUT2D eigenvalue weighted by molar-refractivity contribution is 6.31. The summed E-state index contributed by atoms with van der Waals surface area (Å²) in [6.07, 6.45) is 9.46. The zero-order chi connectivity index (χ0) is 23.6. The predicted molar refractivity (Wildman–Crippen MR) is 133 cm³/mol. The van der Waals surface area contributed by atoms with Crippen molar-refractivity contribution < 1.29 is 9.53 Å². The molecule has 7 rings (SSSR count). The number of hydrogen-bond acceptors (Lipinski definition) is 3. The summed E-state index contributed by atoms with van der Waals surface area (Å²) in [5, 5.41) is 8.65. The van der Waals surface area contributed by atoms with Gasteiger partial charge in [-0.1, -0.05) is 61.4 Å². The average Bonchev–Trinajstić information content (AvgIpc) is 3.36. The van der Waals surface area contributed by atoms with Crippen LogP contribution in [0.5, 0.6) is 5.75 Å². The van der Waals surface area contributed by atoms with E-state index in [1.54, 1.807) is 0 Å². The maximum Gasteiger partial charge on any atom is 0.275 e. The van der Waals surface area contributed by atoms with Gasteiger partial charge in [0.1, 0.15) is 6.10 Å². The molecule has 1 aromatic carbocycles. The highest BCUT2D eigenvalue weighted by Gasteiger charge is 2.54. The number of rotatable bonds is 5. The van der Waals surface area contributed by atoms with Crippen LogP contribution in [0.25, 0.3) is 0 Å². The summed E-state index contributed by atoms with van der Waals surface area (Å²) >= 11 is 6.25. The van der Waals surface area contributed by atoms with Crippen molar-refractivity contribution in [1.82, 2.24) is 15.1 Å². The minimum absolute atomic E-state index is 0.00283. The van der Waals surface area contributed by atoms with Crippen LogP contribution in [0, 0.1) is 30.1 Å². The summed E-state index contributed by atoms with van der Waals surface area (Å²) in [5.74, 6) is 2.56. The molecule has 2 heterocycles. The van der Waals surface area contributed by atoms with Gasteiger partial charge in [-0.25, -0.2) is 0 Å². The molecule has 1 aromatic heterocycles. The van der Waals surface area contributed by atoms with Crippen LogP contribution in [0.4, 0.5) is 0 Å². The number of carbonyl (C=O) groups excluding carboxylic acids is 1. The summed E-state index contributed by atoms with van der Waals surface area (Å²) in [7, 11) is 0. The molecule has 1 N–H and O–H groups in total. The fourth-order valence-electron chi connectivity index (χ4n) is 6.66. The van der Waals surface area contributed by atoms with E-state index in [4.69, 9.17) is 21.4 Å². The largest absolute Gasteiger partial charge is 0.481 e. The van der Waals surface area contributed by atoms with Crippen LogP contribution in [-0.4, -0.2) is 28.3 Å². The third kappa shape index (κ3) is 3.51. The SMILES string of the molecule is Cc1ccc(Cn2nc(C(=O)NCC3CCC4CC3C4(C)C)c3c2C2C=CC(Cl)=CC2O3)cc1. The second kappa shape index (κ2) is 8.01.